The largest absolute Gasteiger partial charge is 0.453 e. The number of thiazole rings is 1. The molecule has 0 spiro atoms. The van der Waals surface area contributed by atoms with Crippen LogP contribution in [-0.2, 0) is 11.8 Å². The summed E-state index contributed by atoms with van der Waals surface area (Å²) in [4.78, 5) is 16.9. The number of thioether (sulfide) groups is 1. The first-order valence-corrected chi connectivity index (χ1v) is 11.8. The molecule has 0 aliphatic rings. The fourth-order valence-electron chi connectivity index (χ4n) is 3.12. The Morgan fingerprint density at radius 1 is 1.19 bits per heavy atom. The van der Waals surface area contributed by atoms with E-state index in [0.717, 1.165) is 22.2 Å². The number of amides is 1. The molecule has 2 aromatic carbocycles. The molecule has 10 heteroatoms. The van der Waals surface area contributed by atoms with E-state index in [-0.39, 0.29) is 11.7 Å². The van der Waals surface area contributed by atoms with Crippen LogP contribution in [0.2, 0.25) is 5.02 Å². The summed E-state index contributed by atoms with van der Waals surface area (Å²) >= 11 is 8.60. The summed E-state index contributed by atoms with van der Waals surface area (Å²) in [5.74, 6) is 1.26. The zero-order valence-electron chi connectivity index (χ0n) is 16.8. The quantitative estimate of drug-likeness (QED) is 0.311. The van der Waals surface area contributed by atoms with E-state index < -0.39 is 0 Å². The van der Waals surface area contributed by atoms with Crippen molar-refractivity contribution in [3.63, 3.8) is 0 Å². The van der Waals surface area contributed by atoms with E-state index in [9.17, 15) is 4.79 Å². The maximum absolute atomic E-state index is 12.4. The van der Waals surface area contributed by atoms with Crippen LogP contribution in [0.1, 0.15) is 0 Å². The van der Waals surface area contributed by atoms with Gasteiger partial charge in [-0.1, -0.05) is 53.7 Å². The normalized spacial score (nSPS) is 11.2. The van der Waals surface area contributed by atoms with Crippen LogP contribution in [0.15, 0.2) is 69.6 Å². The van der Waals surface area contributed by atoms with Crippen LogP contribution >= 0.6 is 34.7 Å². The van der Waals surface area contributed by atoms with Crippen molar-refractivity contribution in [1.29, 1.82) is 0 Å². The van der Waals surface area contributed by atoms with Gasteiger partial charge in [0.05, 0.1) is 11.4 Å². The number of nitrogens with zero attached hydrogens (tertiary/aromatic N) is 4. The molecule has 0 unspecified atom stereocenters. The number of hydrogen-bond donors (Lipinski definition) is 1. The van der Waals surface area contributed by atoms with Crippen molar-refractivity contribution in [2.75, 3.05) is 11.1 Å². The van der Waals surface area contributed by atoms with Crippen LogP contribution in [0.5, 0.6) is 0 Å². The predicted octanol–water partition coefficient (Wildman–Crippen LogP) is 5.74. The van der Waals surface area contributed by atoms with Gasteiger partial charge in [-0.3, -0.25) is 4.79 Å². The first kappa shape index (κ1) is 20.7. The highest BCUT2D eigenvalue weighted by Crippen LogP contribution is 2.29. The molecule has 5 rings (SSSR count). The predicted molar refractivity (Wildman–Crippen MR) is 128 cm³/mol. The Balaban J connectivity index is 1.22. The summed E-state index contributed by atoms with van der Waals surface area (Å²) in [7, 11) is 1.85. The molecule has 7 nitrogen and oxygen atoms in total. The number of nitrogens with one attached hydrogen (secondary N) is 1. The van der Waals surface area contributed by atoms with Gasteiger partial charge in [-0.25, -0.2) is 4.98 Å². The summed E-state index contributed by atoms with van der Waals surface area (Å²) in [5, 5.41) is 16.0. The maximum Gasteiger partial charge on any atom is 0.236 e. The minimum Gasteiger partial charge on any atom is -0.453 e. The van der Waals surface area contributed by atoms with Crippen LogP contribution < -0.4 is 5.32 Å². The molecule has 1 amide bonds. The van der Waals surface area contributed by atoms with Gasteiger partial charge >= 0.3 is 0 Å². The number of carbonyl (C=O) groups is 1. The first-order chi connectivity index (χ1) is 15.6. The Bertz CT molecular complexity index is 1370. The van der Waals surface area contributed by atoms with Gasteiger partial charge in [-0.05, 0) is 24.3 Å². The van der Waals surface area contributed by atoms with Crippen molar-refractivity contribution in [3.8, 4) is 22.8 Å². The molecule has 3 heterocycles. The lowest BCUT2D eigenvalue weighted by Crippen LogP contribution is -2.14. The molecule has 160 valence electrons. The van der Waals surface area contributed by atoms with Crippen molar-refractivity contribution in [2.45, 2.75) is 5.16 Å². The summed E-state index contributed by atoms with van der Waals surface area (Å²) in [5.41, 5.74) is 2.52. The number of anilines is 1. The molecular weight excluding hydrogens is 466 g/mol. The van der Waals surface area contributed by atoms with Crippen LogP contribution in [0, 0.1) is 0 Å². The van der Waals surface area contributed by atoms with Gasteiger partial charge in [0.1, 0.15) is 5.58 Å². The molecule has 32 heavy (non-hydrogen) atoms. The third-order valence-corrected chi connectivity index (χ3v) is 6.73. The minimum atomic E-state index is -0.166. The molecule has 0 saturated carbocycles. The third-order valence-electron chi connectivity index (χ3n) is 4.70. The number of halogens is 1. The number of carbonyl (C=O) groups excluding carboxylic acids is 1. The van der Waals surface area contributed by atoms with Crippen LogP contribution in [0.4, 0.5) is 5.13 Å². The van der Waals surface area contributed by atoms with Gasteiger partial charge in [-0.2, -0.15) is 0 Å². The van der Waals surface area contributed by atoms with Crippen molar-refractivity contribution >= 4 is 56.7 Å². The van der Waals surface area contributed by atoms with Crippen molar-refractivity contribution in [1.82, 2.24) is 19.7 Å². The van der Waals surface area contributed by atoms with Gasteiger partial charge in [-0.15, -0.1) is 21.5 Å². The molecule has 0 atom stereocenters. The summed E-state index contributed by atoms with van der Waals surface area (Å²) in [6.45, 7) is 0. The monoisotopic (exact) mass is 481 g/mol. The molecular formula is C22H16ClN5O2S2. The third kappa shape index (κ3) is 4.27. The van der Waals surface area contributed by atoms with E-state index in [1.807, 2.05) is 71.6 Å². The topological polar surface area (TPSA) is 85.8 Å². The van der Waals surface area contributed by atoms with Crippen LogP contribution in [0.25, 0.3) is 33.8 Å². The molecule has 0 aliphatic carbocycles. The Labute approximate surface area is 196 Å². The van der Waals surface area contributed by atoms with E-state index in [4.69, 9.17) is 16.0 Å². The molecule has 0 aliphatic heterocycles. The SMILES string of the molecule is Cn1c(SCC(=O)Nc2nc(-c3ccc(Cl)cc3)cs2)nnc1-c1cc2ccccc2o1. The van der Waals surface area contributed by atoms with Gasteiger partial charge in [0.25, 0.3) is 0 Å². The molecule has 5 aromatic rings. The Morgan fingerprint density at radius 2 is 2.00 bits per heavy atom. The van der Waals surface area contributed by atoms with Crippen molar-refractivity contribution < 1.29 is 9.21 Å². The molecule has 0 radical (unpaired) electrons. The highest BCUT2D eigenvalue weighted by atomic mass is 35.5. The lowest BCUT2D eigenvalue weighted by Gasteiger charge is -2.03. The number of hydrogen-bond acceptors (Lipinski definition) is 7. The zero-order chi connectivity index (χ0) is 22.1. The van der Waals surface area contributed by atoms with Gasteiger partial charge < -0.3 is 14.3 Å². The second-order valence-corrected chi connectivity index (χ2v) is 9.13. The van der Waals surface area contributed by atoms with Gasteiger partial charge in [0.15, 0.2) is 21.9 Å². The highest BCUT2D eigenvalue weighted by Gasteiger charge is 2.17. The summed E-state index contributed by atoms with van der Waals surface area (Å²) in [6, 6.07) is 17.1. The standard InChI is InChI=1S/C22H16ClN5O2S2/c1-28-20(18-10-14-4-2-3-5-17(14)30-18)26-27-22(28)32-12-19(29)25-21-24-16(11-31-21)13-6-8-15(23)9-7-13/h2-11H,12H2,1H3,(H,24,25,29). The Kier molecular flexibility index (Phi) is 5.69. The first-order valence-electron chi connectivity index (χ1n) is 9.59. The second kappa shape index (κ2) is 8.78. The maximum atomic E-state index is 12.4. The minimum absolute atomic E-state index is 0.166. The number of rotatable bonds is 6. The van der Waals surface area contributed by atoms with E-state index in [1.54, 1.807) is 0 Å². The van der Waals surface area contributed by atoms with E-state index >= 15 is 0 Å². The van der Waals surface area contributed by atoms with Crippen molar-refractivity contribution in [2.24, 2.45) is 7.05 Å². The average Bonchev–Trinajstić information content (AvgIpc) is 3.51. The highest BCUT2D eigenvalue weighted by molar-refractivity contribution is 7.99. The molecule has 3 aromatic heterocycles. The number of fused-ring (bicyclic) bond motifs is 1. The second-order valence-electron chi connectivity index (χ2n) is 6.90. The van der Waals surface area contributed by atoms with Crippen LogP contribution in [0.3, 0.4) is 0 Å². The summed E-state index contributed by atoms with van der Waals surface area (Å²) in [6.07, 6.45) is 0. The van der Waals surface area contributed by atoms with E-state index in [2.05, 4.69) is 20.5 Å². The number of benzene rings is 2. The number of aromatic nitrogens is 4. The number of para-hydroxylation sites is 1. The van der Waals surface area contributed by atoms with Crippen LogP contribution in [-0.4, -0.2) is 31.4 Å². The number of furan rings is 1. The van der Waals surface area contributed by atoms with Gasteiger partial charge in [0.2, 0.25) is 5.91 Å². The zero-order valence-corrected chi connectivity index (χ0v) is 19.2. The van der Waals surface area contributed by atoms with Gasteiger partial charge in [0, 0.05) is 28.4 Å². The molecule has 1 N–H and O–H groups in total. The lowest BCUT2D eigenvalue weighted by atomic mass is 10.2. The summed E-state index contributed by atoms with van der Waals surface area (Å²) < 4.78 is 7.69. The van der Waals surface area contributed by atoms with E-state index in [0.29, 0.717) is 26.9 Å². The Morgan fingerprint density at radius 3 is 2.81 bits per heavy atom. The molecule has 0 bridgehead atoms. The average molecular weight is 482 g/mol. The Hall–Kier alpha value is -3.14. The fourth-order valence-corrected chi connectivity index (χ4v) is 4.69. The van der Waals surface area contributed by atoms with Crippen molar-refractivity contribution in [3.05, 3.63) is 65.0 Å². The smallest absolute Gasteiger partial charge is 0.236 e. The molecule has 0 saturated heterocycles. The van der Waals surface area contributed by atoms with E-state index in [1.165, 1.54) is 23.1 Å². The molecule has 0 fully saturated rings. The fraction of sp³-hybridized carbons (Fsp3) is 0.0909. The lowest BCUT2D eigenvalue weighted by molar-refractivity contribution is -0.113.